The molecule has 0 amide bonds. The Bertz CT molecular complexity index is 399. The van der Waals surface area contributed by atoms with Crippen LogP contribution in [0.25, 0.3) is 0 Å². The number of nitrogens with zero attached hydrogens (tertiary/aromatic N) is 1. The zero-order valence-electron chi connectivity index (χ0n) is 9.65. The lowest BCUT2D eigenvalue weighted by Gasteiger charge is -2.28. The average molecular weight is 237 g/mol. The Kier molecular flexibility index (Phi) is 2.28. The Morgan fingerprint density at radius 1 is 1.44 bits per heavy atom. The largest absolute Gasteiger partial charge is 0.398 e. The molecule has 3 rings (SSSR count). The van der Waals surface area contributed by atoms with Crippen molar-refractivity contribution >= 4 is 15.2 Å². The number of fused-ring (bicyclic) bond motifs is 1. The fourth-order valence-electron chi connectivity index (χ4n) is 2.72. The summed E-state index contributed by atoms with van der Waals surface area (Å²) in [7, 11) is -1.02. The molecule has 1 saturated carbocycles. The minimum atomic E-state index is -1.02. The minimum Gasteiger partial charge on any atom is -0.398 e. The molecule has 1 aliphatic carbocycles. The summed E-state index contributed by atoms with van der Waals surface area (Å²) in [6, 6.07) is 1.12. The zero-order valence-corrected chi connectivity index (χ0v) is 10.5. The van der Waals surface area contributed by atoms with Crippen molar-refractivity contribution < 1.29 is 0 Å². The third-order valence-electron chi connectivity index (χ3n) is 3.66. The molecular weight excluding hydrogens is 218 g/mol. The molecule has 3 unspecified atom stereocenters. The summed E-state index contributed by atoms with van der Waals surface area (Å²) in [6.07, 6.45) is 9.47. The third-order valence-corrected chi connectivity index (χ3v) is 6.18. The molecule has 3 N–H and O–H groups in total. The molecule has 2 heterocycles. The molecule has 0 bridgehead atoms. The van der Waals surface area contributed by atoms with Gasteiger partial charge in [-0.2, -0.15) is 0 Å². The maximum absolute atomic E-state index is 5.84. The maximum Gasteiger partial charge on any atom is 0.146 e. The van der Waals surface area contributed by atoms with Crippen LogP contribution in [0.3, 0.4) is 0 Å². The second-order valence-electron chi connectivity index (χ2n) is 5.00. The molecule has 0 spiro atoms. The summed E-state index contributed by atoms with van der Waals surface area (Å²) in [5.74, 6) is 0. The molecule has 3 atom stereocenters. The van der Waals surface area contributed by atoms with Crippen LogP contribution in [0, 0.1) is 0 Å². The second kappa shape index (κ2) is 3.55. The van der Waals surface area contributed by atoms with Crippen LogP contribution < -0.4 is 11.1 Å². The lowest BCUT2D eigenvalue weighted by Crippen LogP contribution is -2.37. The van der Waals surface area contributed by atoms with Gasteiger partial charge in [-0.05, 0) is 36.0 Å². The molecule has 88 valence electrons. The number of rotatable bonds is 0. The summed E-state index contributed by atoms with van der Waals surface area (Å²) >= 11 is 0. The fourth-order valence-corrected chi connectivity index (χ4v) is 4.89. The third kappa shape index (κ3) is 1.56. The van der Waals surface area contributed by atoms with Crippen molar-refractivity contribution in [3.63, 3.8) is 0 Å². The standard InChI is InChI=1S/C12H19N3S/c1-16(7-6-9(13)8-16)12-14-10-4-2-3-5-11(10)15-12/h6-8,10-11H,2-5,13H2,1H3,(H,14,15). The van der Waals surface area contributed by atoms with Crippen molar-refractivity contribution in [1.82, 2.24) is 5.32 Å². The van der Waals surface area contributed by atoms with E-state index >= 15 is 0 Å². The molecule has 1 fully saturated rings. The van der Waals surface area contributed by atoms with Crippen LogP contribution in [-0.4, -0.2) is 23.5 Å². The second-order valence-corrected chi connectivity index (χ2v) is 7.99. The normalized spacial score (nSPS) is 45.3. The van der Waals surface area contributed by atoms with E-state index in [1.54, 1.807) is 0 Å². The van der Waals surface area contributed by atoms with E-state index in [1.165, 1.54) is 30.9 Å². The van der Waals surface area contributed by atoms with E-state index in [2.05, 4.69) is 22.4 Å². The van der Waals surface area contributed by atoms with Crippen molar-refractivity contribution in [2.24, 2.45) is 10.7 Å². The van der Waals surface area contributed by atoms with Crippen LogP contribution in [0.15, 0.2) is 27.6 Å². The molecule has 0 saturated heterocycles. The van der Waals surface area contributed by atoms with Crippen LogP contribution in [0.1, 0.15) is 25.7 Å². The highest BCUT2D eigenvalue weighted by atomic mass is 32.3. The summed E-state index contributed by atoms with van der Waals surface area (Å²) in [4.78, 5) is 4.89. The first kappa shape index (κ1) is 10.3. The van der Waals surface area contributed by atoms with Crippen LogP contribution >= 0.6 is 10.0 Å². The summed E-state index contributed by atoms with van der Waals surface area (Å²) < 4.78 is 0. The van der Waals surface area contributed by atoms with Gasteiger partial charge >= 0.3 is 0 Å². The SMILES string of the molecule is CS1(C2=NC3CCCCC3N2)C=CC(N)=C1. The number of allylic oxidation sites excluding steroid dienone is 1. The quantitative estimate of drug-likeness (QED) is 0.677. The van der Waals surface area contributed by atoms with Gasteiger partial charge in [0, 0.05) is 5.70 Å². The van der Waals surface area contributed by atoms with Gasteiger partial charge in [0.15, 0.2) is 0 Å². The predicted octanol–water partition coefficient (Wildman–Crippen LogP) is 2.02. The van der Waals surface area contributed by atoms with Crippen molar-refractivity contribution in [2.75, 3.05) is 6.26 Å². The van der Waals surface area contributed by atoms with Gasteiger partial charge < -0.3 is 11.1 Å². The van der Waals surface area contributed by atoms with Gasteiger partial charge in [-0.25, -0.2) is 0 Å². The molecule has 2 aliphatic heterocycles. The maximum atomic E-state index is 5.84. The smallest absolute Gasteiger partial charge is 0.146 e. The number of nitrogens with one attached hydrogen (secondary N) is 1. The Morgan fingerprint density at radius 2 is 2.25 bits per heavy atom. The van der Waals surface area contributed by atoms with E-state index < -0.39 is 10.0 Å². The van der Waals surface area contributed by atoms with Crippen LogP contribution in [-0.2, 0) is 0 Å². The van der Waals surface area contributed by atoms with E-state index in [4.69, 9.17) is 10.7 Å². The summed E-state index contributed by atoms with van der Waals surface area (Å²) in [6.45, 7) is 0. The van der Waals surface area contributed by atoms with Crippen LogP contribution in [0.2, 0.25) is 0 Å². The lowest BCUT2D eigenvalue weighted by atomic mass is 9.92. The predicted molar refractivity (Wildman–Crippen MR) is 71.5 cm³/mol. The summed E-state index contributed by atoms with van der Waals surface area (Å²) in [5.41, 5.74) is 6.72. The molecule has 3 aliphatic rings. The molecule has 16 heavy (non-hydrogen) atoms. The Morgan fingerprint density at radius 3 is 2.94 bits per heavy atom. The molecule has 0 aromatic rings. The Hall–Kier alpha value is -0.900. The van der Waals surface area contributed by atoms with Gasteiger partial charge in [-0.1, -0.05) is 12.8 Å². The molecular formula is C12H19N3S. The molecule has 4 heteroatoms. The lowest BCUT2D eigenvalue weighted by molar-refractivity contribution is 0.385. The van der Waals surface area contributed by atoms with Gasteiger partial charge in [0.1, 0.15) is 5.17 Å². The van der Waals surface area contributed by atoms with E-state index in [0.29, 0.717) is 12.1 Å². The first-order valence-electron chi connectivity index (χ1n) is 5.95. The summed E-state index contributed by atoms with van der Waals surface area (Å²) in [5, 5.41) is 9.23. The van der Waals surface area contributed by atoms with Crippen LogP contribution in [0.4, 0.5) is 0 Å². The van der Waals surface area contributed by atoms with Crippen molar-refractivity contribution in [1.29, 1.82) is 0 Å². The van der Waals surface area contributed by atoms with Gasteiger partial charge in [0.2, 0.25) is 0 Å². The van der Waals surface area contributed by atoms with E-state index in [-0.39, 0.29) is 0 Å². The highest BCUT2D eigenvalue weighted by Crippen LogP contribution is 2.53. The first-order valence-corrected chi connectivity index (χ1v) is 8.12. The molecule has 0 aromatic heterocycles. The van der Waals surface area contributed by atoms with Crippen molar-refractivity contribution in [3.8, 4) is 0 Å². The van der Waals surface area contributed by atoms with Crippen molar-refractivity contribution in [2.45, 2.75) is 37.8 Å². The van der Waals surface area contributed by atoms with Gasteiger partial charge in [-0.15, -0.1) is 10.0 Å². The van der Waals surface area contributed by atoms with Gasteiger partial charge in [-0.3, -0.25) is 4.99 Å². The van der Waals surface area contributed by atoms with Gasteiger partial charge in [0.25, 0.3) is 0 Å². The van der Waals surface area contributed by atoms with Crippen LogP contribution in [0.5, 0.6) is 0 Å². The Balaban J connectivity index is 1.84. The van der Waals surface area contributed by atoms with Crippen molar-refractivity contribution in [3.05, 3.63) is 22.6 Å². The molecule has 0 aromatic carbocycles. The number of aliphatic imine (C=N–C) groups is 1. The first-order chi connectivity index (χ1) is 7.67. The number of nitrogens with two attached hydrogens (primary N) is 1. The highest BCUT2D eigenvalue weighted by molar-refractivity contribution is 8.49. The number of hydrogen-bond donors (Lipinski definition) is 2. The number of amidine groups is 1. The van der Waals surface area contributed by atoms with E-state index in [1.807, 2.05) is 6.08 Å². The topological polar surface area (TPSA) is 50.4 Å². The molecule has 0 radical (unpaired) electrons. The zero-order chi connectivity index (χ0) is 11.2. The monoisotopic (exact) mass is 237 g/mol. The Labute approximate surface area is 98.2 Å². The van der Waals surface area contributed by atoms with Gasteiger partial charge in [0.05, 0.1) is 12.1 Å². The number of hydrogen-bond acceptors (Lipinski definition) is 3. The fraction of sp³-hybridized carbons (Fsp3) is 0.583. The van der Waals surface area contributed by atoms with E-state index in [0.717, 1.165) is 5.70 Å². The molecule has 3 nitrogen and oxygen atoms in total. The highest BCUT2D eigenvalue weighted by Gasteiger charge is 2.36. The average Bonchev–Trinajstić information content (AvgIpc) is 2.83. The minimum absolute atomic E-state index is 0.525. The van der Waals surface area contributed by atoms with E-state index in [9.17, 15) is 0 Å².